The Kier molecular flexibility index (Phi) is 9.59. The van der Waals surface area contributed by atoms with Crippen molar-refractivity contribution in [3.63, 3.8) is 0 Å². The van der Waals surface area contributed by atoms with Gasteiger partial charge in [-0.1, -0.05) is 0 Å². The SMILES string of the molecule is Nc1ccc(S(=O)(=O)O)c2cc(S(=O)(=O)O)c(N=Nc3ccc(S(=O)(=O)CCOS(=O)(=O)O)cc3O)c(O)c12.[Cu]. The summed E-state index contributed by atoms with van der Waals surface area (Å²) < 4.78 is 125. The number of fused-ring (bicyclic) bond motifs is 1. The third-order valence-electron chi connectivity index (χ3n) is 4.91. The molecule has 17 nitrogen and oxygen atoms in total. The zero-order valence-electron chi connectivity index (χ0n) is 19.2. The Morgan fingerprint density at radius 2 is 1.40 bits per heavy atom. The number of anilines is 1. The topological polar surface area (TPSA) is 298 Å². The second-order valence-corrected chi connectivity index (χ2v) is 13.5. The molecule has 0 aromatic heterocycles. The van der Waals surface area contributed by atoms with Crippen LogP contribution < -0.4 is 5.73 Å². The van der Waals surface area contributed by atoms with Crippen LogP contribution in [0.2, 0.25) is 0 Å². The van der Waals surface area contributed by atoms with E-state index in [2.05, 4.69) is 14.4 Å². The standard InChI is InChI=1S/C18H17N3O14S4.Cu/c19-11-2-4-14(37(26,27)28)10-8-15(38(29,30)31)17(18(23)16(10)11)21-20-12-3-1-9(7-13(12)22)36(24,25)6-5-35-39(32,33)34;/h1-4,7-8,22-23H,5-6,19H2,(H,26,27,28)(H,29,30,31)(H,32,33,34);. The van der Waals surface area contributed by atoms with Crippen LogP contribution in [0.3, 0.4) is 0 Å². The van der Waals surface area contributed by atoms with E-state index in [1.54, 1.807) is 0 Å². The largest absolute Gasteiger partial charge is 0.506 e. The van der Waals surface area contributed by atoms with E-state index in [1.807, 2.05) is 0 Å². The molecule has 0 amide bonds. The molecule has 3 rings (SSSR count). The zero-order chi connectivity index (χ0) is 29.6. The van der Waals surface area contributed by atoms with Gasteiger partial charge in [0.15, 0.2) is 15.6 Å². The predicted octanol–water partition coefficient (Wildman–Crippen LogP) is 1.33. The molecule has 7 N–H and O–H groups in total. The maximum Gasteiger partial charge on any atom is 0.397 e. The van der Waals surface area contributed by atoms with Crippen LogP contribution in [0.4, 0.5) is 17.1 Å². The first-order valence-corrected chi connectivity index (χ1v) is 15.7. The number of benzene rings is 3. The molecule has 0 saturated carbocycles. The molecule has 0 bridgehead atoms. The number of phenols is 2. The maximum atomic E-state index is 12.3. The Hall–Kier alpha value is -2.92. The average molecular weight is 691 g/mol. The zero-order valence-corrected chi connectivity index (χ0v) is 23.4. The number of hydrogen-bond acceptors (Lipinski definition) is 14. The molecule has 22 heteroatoms. The molecule has 0 heterocycles. The molecule has 0 aliphatic heterocycles. The maximum absolute atomic E-state index is 12.3. The van der Waals surface area contributed by atoms with E-state index in [9.17, 15) is 53.0 Å². The minimum atomic E-state index is -5.23. The second-order valence-electron chi connectivity index (χ2n) is 7.52. The molecule has 1 radical (unpaired) electrons. The van der Waals surface area contributed by atoms with Crippen LogP contribution in [-0.2, 0) is 61.7 Å². The number of sulfone groups is 1. The van der Waals surface area contributed by atoms with Crippen LogP contribution >= 0.6 is 0 Å². The number of nitrogens with two attached hydrogens (primary N) is 1. The predicted molar refractivity (Wildman–Crippen MR) is 131 cm³/mol. The van der Waals surface area contributed by atoms with Crippen LogP contribution in [-0.4, -0.2) is 69.9 Å². The summed E-state index contributed by atoms with van der Waals surface area (Å²) in [5.74, 6) is -2.83. The summed E-state index contributed by atoms with van der Waals surface area (Å²) in [4.78, 5) is -2.55. The smallest absolute Gasteiger partial charge is 0.397 e. The number of hydrogen-bond donors (Lipinski definition) is 6. The molecule has 0 saturated heterocycles. The molecule has 0 atom stereocenters. The van der Waals surface area contributed by atoms with Gasteiger partial charge >= 0.3 is 10.4 Å². The van der Waals surface area contributed by atoms with Crippen LogP contribution in [0, 0.1) is 0 Å². The van der Waals surface area contributed by atoms with Gasteiger partial charge in [-0.3, -0.25) is 13.7 Å². The number of rotatable bonds is 9. The van der Waals surface area contributed by atoms with E-state index in [1.165, 1.54) is 0 Å². The molecule has 3 aromatic carbocycles. The van der Waals surface area contributed by atoms with Crippen molar-refractivity contribution in [1.29, 1.82) is 0 Å². The van der Waals surface area contributed by atoms with Gasteiger partial charge in [0.25, 0.3) is 20.2 Å². The Morgan fingerprint density at radius 1 is 0.800 bits per heavy atom. The van der Waals surface area contributed by atoms with Gasteiger partial charge in [0.05, 0.1) is 22.6 Å². The van der Waals surface area contributed by atoms with Gasteiger partial charge in [-0.05, 0) is 30.3 Å². The molecular formula is C18H17CuN3O14S4. The number of aromatic hydroxyl groups is 2. The molecular weight excluding hydrogens is 674 g/mol. The Bertz CT molecular complexity index is 1960. The van der Waals surface area contributed by atoms with Crippen molar-refractivity contribution in [1.82, 2.24) is 0 Å². The van der Waals surface area contributed by atoms with Crippen molar-refractivity contribution in [2.75, 3.05) is 18.1 Å². The molecule has 0 spiro atoms. The summed E-state index contributed by atoms with van der Waals surface area (Å²) in [5, 5.41) is 26.9. The second kappa shape index (κ2) is 11.5. The molecule has 40 heavy (non-hydrogen) atoms. The van der Waals surface area contributed by atoms with E-state index in [-0.39, 0.29) is 22.8 Å². The average Bonchev–Trinajstić information content (AvgIpc) is 2.76. The molecule has 0 unspecified atom stereocenters. The van der Waals surface area contributed by atoms with Crippen molar-refractivity contribution in [2.45, 2.75) is 14.7 Å². The summed E-state index contributed by atoms with van der Waals surface area (Å²) in [6.45, 7) is -0.939. The minimum absolute atomic E-state index is 0. The monoisotopic (exact) mass is 690 g/mol. The van der Waals surface area contributed by atoms with Gasteiger partial charge < -0.3 is 15.9 Å². The number of phenolic OH excluding ortho intramolecular Hbond substituents is 2. The fourth-order valence-corrected chi connectivity index (χ4v) is 6.06. The van der Waals surface area contributed by atoms with Gasteiger partial charge in [0, 0.05) is 34.2 Å². The quantitative estimate of drug-likeness (QED) is 0.0798. The van der Waals surface area contributed by atoms with Gasteiger partial charge in [-0.2, -0.15) is 25.3 Å². The summed E-state index contributed by atoms with van der Waals surface area (Å²) in [7, 11) is -19.3. The van der Waals surface area contributed by atoms with E-state index in [0.717, 1.165) is 24.3 Å². The first-order valence-electron chi connectivity index (χ1n) is 9.85. The summed E-state index contributed by atoms with van der Waals surface area (Å²) in [5.41, 5.74) is 4.04. The van der Waals surface area contributed by atoms with Crippen molar-refractivity contribution >= 4 is 68.3 Å². The third kappa shape index (κ3) is 7.42. The van der Waals surface area contributed by atoms with Crippen molar-refractivity contribution in [3.8, 4) is 11.5 Å². The van der Waals surface area contributed by atoms with Gasteiger partial charge in [-0.15, -0.1) is 10.2 Å². The molecule has 3 aromatic rings. The minimum Gasteiger partial charge on any atom is -0.506 e. The fraction of sp³-hybridized carbons (Fsp3) is 0.111. The van der Waals surface area contributed by atoms with Gasteiger partial charge in [0.2, 0.25) is 0 Å². The van der Waals surface area contributed by atoms with Crippen molar-refractivity contribution in [2.24, 2.45) is 10.2 Å². The van der Waals surface area contributed by atoms with Crippen molar-refractivity contribution in [3.05, 3.63) is 36.4 Å². The van der Waals surface area contributed by atoms with Crippen LogP contribution in [0.1, 0.15) is 0 Å². The Morgan fingerprint density at radius 3 is 1.93 bits per heavy atom. The van der Waals surface area contributed by atoms with E-state index in [4.69, 9.17) is 10.3 Å². The Balaban J connectivity index is 0.00000560. The van der Waals surface area contributed by atoms with Crippen LogP contribution in [0.15, 0.2) is 61.3 Å². The van der Waals surface area contributed by atoms with Crippen LogP contribution in [0.5, 0.6) is 11.5 Å². The molecule has 0 aliphatic carbocycles. The Labute approximate surface area is 237 Å². The number of azo groups is 1. The first kappa shape index (κ1) is 33.3. The van der Waals surface area contributed by atoms with Gasteiger partial charge in [-0.25, -0.2) is 12.6 Å². The first-order chi connectivity index (χ1) is 17.7. The van der Waals surface area contributed by atoms with E-state index >= 15 is 0 Å². The van der Waals surface area contributed by atoms with E-state index in [0.29, 0.717) is 12.1 Å². The van der Waals surface area contributed by atoms with Gasteiger partial charge in [0.1, 0.15) is 26.9 Å². The summed E-state index contributed by atoms with van der Waals surface area (Å²) >= 11 is 0. The van der Waals surface area contributed by atoms with Crippen LogP contribution in [0.25, 0.3) is 10.8 Å². The third-order valence-corrected chi connectivity index (χ3v) is 8.83. The molecule has 223 valence electrons. The fourth-order valence-electron chi connectivity index (χ4n) is 3.23. The normalized spacial score (nSPS) is 13.0. The summed E-state index contributed by atoms with van der Waals surface area (Å²) in [6, 6.07) is 4.83. The molecule has 0 fully saturated rings. The number of nitrogens with zero attached hydrogens (tertiary/aromatic N) is 2. The number of nitrogen functional groups attached to an aromatic ring is 1. The summed E-state index contributed by atoms with van der Waals surface area (Å²) in [6.07, 6.45) is 0. The molecule has 0 aliphatic rings. The van der Waals surface area contributed by atoms with E-state index < -0.39 is 101 Å². The van der Waals surface area contributed by atoms with Crippen molar-refractivity contribution < 1.29 is 78.8 Å².